The Balaban J connectivity index is 2.95. The lowest BCUT2D eigenvalue weighted by Crippen LogP contribution is -2.08. The van der Waals surface area contributed by atoms with Crippen LogP contribution < -0.4 is 0 Å². The number of hydrogen-bond acceptors (Lipinski definition) is 5. The van der Waals surface area contributed by atoms with Crippen LogP contribution in [0.1, 0.15) is 35.6 Å². The smallest absolute Gasteiger partial charge is 0.360 e. The number of aliphatic hydroxyl groups is 1. The van der Waals surface area contributed by atoms with Crippen molar-refractivity contribution in [2.45, 2.75) is 19.4 Å². The number of carbonyl (C=O) groups is 1. The maximum absolute atomic E-state index is 11.1. The van der Waals surface area contributed by atoms with E-state index in [-0.39, 0.29) is 11.4 Å². The monoisotopic (exact) mass is 185 g/mol. The standard InChI is InChI=1S/C7H11N3O3/c1-3-4(11)5-6(7(12)13-2)9-10-8-5/h4,11H,3H2,1-2H3,(H,8,9,10). The van der Waals surface area contributed by atoms with Crippen molar-refractivity contribution < 1.29 is 14.6 Å². The number of nitrogens with one attached hydrogen (secondary N) is 1. The SMILES string of the molecule is CCC(O)c1n[nH]nc1C(=O)OC. The molecule has 6 nitrogen and oxygen atoms in total. The highest BCUT2D eigenvalue weighted by Gasteiger charge is 2.21. The van der Waals surface area contributed by atoms with Gasteiger partial charge >= 0.3 is 5.97 Å². The van der Waals surface area contributed by atoms with Crippen LogP contribution in [0.3, 0.4) is 0 Å². The summed E-state index contributed by atoms with van der Waals surface area (Å²) in [4.78, 5) is 11.1. The van der Waals surface area contributed by atoms with Gasteiger partial charge in [0.1, 0.15) is 11.8 Å². The summed E-state index contributed by atoms with van der Waals surface area (Å²) in [5, 5.41) is 18.9. The number of aromatic amines is 1. The molecule has 2 N–H and O–H groups in total. The zero-order valence-corrected chi connectivity index (χ0v) is 7.44. The van der Waals surface area contributed by atoms with Gasteiger partial charge in [0.15, 0.2) is 5.69 Å². The van der Waals surface area contributed by atoms with E-state index < -0.39 is 12.1 Å². The number of nitrogens with zero attached hydrogens (tertiary/aromatic N) is 2. The minimum atomic E-state index is -0.784. The lowest BCUT2D eigenvalue weighted by molar-refractivity contribution is 0.0585. The fourth-order valence-electron chi connectivity index (χ4n) is 0.912. The van der Waals surface area contributed by atoms with Gasteiger partial charge in [0.05, 0.1) is 7.11 Å². The number of ether oxygens (including phenoxy) is 1. The van der Waals surface area contributed by atoms with Gasteiger partial charge in [0.25, 0.3) is 0 Å². The summed E-state index contributed by atoms with van der Waals surface area (Å²) >= 11 is 0. The van der Waals surface area contributed by atoms with Crippen LogP contribution in [0.25, 0.3) is 0 Å². The number of carbonyl (C=O) groups excluding carboxylic acids is 1. The molecule has 72 valence electrons. The highest BCUT2D eigenvalue weighted by molar-refractivity contribution is 5.88. The first-order valence-corrected chi connectivity index (χ1v) is 3.87. The van der Waals surface area contributed by atoms with Crippen LogP contribution in [0, 0.1) is 0 Å². The predicted octanol–water partition coefficient (Wildman–Crippen LogP) is 0.0347. The van der Waals surface area contributed by atoms with Gasteiger partial charge in [0.2, 0.25) is 0 Å². The molecule has 0 saturated carbocycles. The zero-order chi connectivity index (χ0) is 9.84. The third-order valence-corrected chi connectivity index (χ3v) is 1.66. The van der Waals surface area contributed by atoms with Gasteiger partial charge in [-0.05, 0) is 6.42 Å². The van der Waals surface area contributed by atoms with Crippen LogP contribution in [0.2, 0.25) is 0 Å². The summed E-state index contributed by atoms with van der Waals surface area (Å²) in [6, 6.07) is 0. The maximum Gasteiger partial charge on any atom is 0.360 e. The number of esters is 1. The minimum absolute atomic E-state index is 0.0388. The summed E-state index contributed by atoms with van der Waals surface area (Å²) in [5.74, 6) is -0.601. The second kappa shape index (κ2) is 3.99. The van der Waals surface area contributed by atoms with Crippen LogP contribution >= 0.6 is 0 Å². The molecular weight excluding hydrogens is 174 g/mol. The Kier molecular flexibility index (Phi) is 2.97. The first kappa shape index (κ1) is 9.66. The summed E-state index contributed by atoms with van der Waals surface area (Å²) < 4.78 is 4.46. The van der Waals surface area contributed by atoms with Gasteiger partial charge in [-0.2, -0.15) is 10.3 Å². The van der Waals surface area contributed by atoms with Gasteiger partial charge in [-0.25, -0.2) is 4.79 Å². The molecule has 0 aliphatic rings. The Morgan fingerprint density at radius 3 is 2.92 bits per heavy atom. The second-order valence-corrected chi connectivity index (χ2v) is 2.47. The summed E-state index contributed by atoms with van der Waals surface area (Å²) in [6.45, 7) is 1.78. The van der Waals surface area contributed by atoms with Crippen LogP contribution in [-0.4, -0.2) is 33.6 Å². The Bertz CT molecular complexity index is 297. The lowest BCUT2D eigenvalue weighted by atomic mass is 10.1. The van der Waals surface area contributed by atoms with Crippen molar-refractivity contribution in [3.63, 3.8) is 0 Å². The van der Waals surface area contributed by atoms with Gasteiger partial charge in [-0.3, -0.25) is 0 Å². The first-order valence-electron chi connectivity index (χ1n) is 3.87. The van der Waals surface area contributed by atoms with Crippen molar-refractivity contribution >= 4 is 5.97 Å². The van der Waals surface area contributed by atoms with E-state index in [4.69, 9.17) is 0 Å². The van der Waals surface area contributed by atoms with Crippen LogP contribution in [0.4, 0.5) is 0 Å². The maximum atomic E-state index is 11.1. The van der Waals surface area contributed by atoms with E-state index in [1.54, 1.807) is 6.92 Å². The van der Waals surface area contributed by atoms with Crippen molar-refractivity contribution in [2.75, 3.05) is 7.11 Å². The topological polar surface area (TPSA) is 88.1 Å². The van der Waals surface area contributed by atoms with Crippen LogP contribution in [0.15, 0.2) is 0 Å². The average molecular weight is 185 g/mol. The summed E-state index contributed by atoms with van der Waals surface area (Å²) in [7, 11) is 1.25. The molecule has 0 bridgehead atoms. The average Bonchev–Trinajstić information content (AvgIpc) is 2.63. The van der Waals surface area contributed by atoms with Crippen molar-refractivity contribution in [3.05, 3.63) is 11.4 Å². The Morgan fingerprint density at radius 2 is 2.38 bits per heavy atom. The third kappa shape index (κ3) is 1.83. The van der Waals surface area contributed by atoms with Crippen molar-refractivity contribution in [1.29, 1.82) is 0 Å². The van der Waals surface area contributed by atoms with Crippen molar-refractivity contribution in [1.82, 2.24) is 15.4 Å². The normalized spacial score (nSPS) is 12.5. The molecule has 6 heteroatoms. The molecule has 13 heavy (non-hydrogen) atoms. The van der Waals surface area contributed by atoms with Gasteiger partial charge in [-0.15, -0.1) is 5.10 Å². The van der Waals surface area contributed by atoms with Gasteiger partial charge < -0.3 is 9.84 Å². The van der Waals surface area contributed by atoms with Gasteiger partial charge in [-0.1, -0.05) is 6.92 Å². The number of H-pyrrole nitrogens is 1. The van der Waals surface area contributed by atoms with E-state index in [0.717, 1.165) is 0 Å². The van der Waals surface area contributed by atoms with E-state index in [1.165, 1.54) is 7.11 Å². The molecule has 0 aliphatic heterocycles. The molecule has 0 aromatic carbocycles. The minimum Gasteiger partial charge on any atom is -0.464 e. The highest BCUT2D eigenvalue weighted by Crippen LogP contribution is 2.16. The summed E-state index contributed by atoms with van der Waals surface area (Å²) in [6.07, 6.45) is -0.316. The molecular formula is C7H11N3O3. The quantitative estimate of drug-likeness (QED) is 0.649. The van der Waals surface area contributed by atoms with E-state index >= 15 is 0 Å². The molecule has 0 spiro atoms. The molecule has 1 aromatic heterocycles. The third-order valence-electron chi connectivity index (χ3n) is 1.66. The van der Waals surface area contributed by atoms with Gasteiger partial charge in [0, 0.05) is 0 Å². The van der Waals surface area contributed by atoms with Crippen molar-refractivity contribution in [2.24, 2.45) is 0 Å². The Labute approximate surface area is 74.9 Å². The number of rotatable bonds is 3. The van der Waals surface area contributed by atoms with E-state index in [2.05, 4.69) is 20.1 Å². The molecule has 1 rings (SSSR count). The molecule has 0 radical (unpaired) electrons. The Morgan fingerprint density at radius 1 is 1.69 bits per heavy atom. The lowest BCUT2D eigenvalue weighted by Gasteiger charge is -2.03. The number of hydrogen-bond donors (Lipinski definition) is 2. The number of methoxy groups -OCH3 is 1. The largest absolute Gasteiger partial charge is 0.464 e. The molecule has 0 aliphatic carbocycles. The molecule has 1 heterocycles. The number of aromatic nitrogens is 3. The molecule has 0 amide bonds. The van der Waals surface area contributed by atoms with Crippen LogP contribution in [0.5, 0.6) is 0 Å². The number of aliphatic hydroxyl groups excluding tert-OH is 1. The first-order chi connectivity index (χ1) is 6.20. The van der Waals surface area contributed by atoms with E-state index in [9.17, 15) is 9.90 Å². The van der Waals surface area contributed by atoms with E-state index in [1.807, 2.05) is 0 Å². The second-order valence-electron chi connectivity index (χ2n) is 2.47. The molecule has 1 aromatic rings. The van der Waals surface area contributed by atoms with Crippen molar-refractivity contribution in [3.8, 4) is 0 Å². The molecule has 0 saturated heterocycles. The molecule has 1 atom stereocenters. The molecule has 1 unspecified atom stereocenters. The zero-order valence-electron chi connectivity index (χ0n) is 7.44. The summed E-state index contributed by atoms with van der Waals surface area (Å²) in [5.41, 5.74) is 0.270. The van der Waals surface area contributed by atoms with Crippen LogP contribution in [-0.2, 0) is 4.74 Å². The van der Waals surface area contributed by atoms with E-state index in [0.29, 0.717) is 6.42 Å². The fraction of sp³-hybridized carbons (Fsp3) is 0.571. The highest BCUT2D eigenvalue weighted by atomic mass is 16.5. The fourth-order valence-corrected chi connectivity index (χ4v) is 0.912. The predicted molar refractivity (Wildman–Crippen MR) is 43.0 cm³/mol. The molecule has 0 fully saturated rings. The Hall–Kier alpha value is -1.43.